The van der Waals surface area contributed by atoms with E-state index in [-0.39, 0.29) is 11.8 Å². The fraction of sp³-hybridized carbons (Fsp3) is 0.167. The highest BCUT2D eigenvalue weighted by Crippen LogP contribution is 2.31. The Balaban J connectivity index is 2.39. The minimum absolute atomic E-state index is 0.0434. The van der Waals surface area contributed by atoms with Crippen LogP contribution in [0.15, 0.2) is 24.3 Å². The number of hydrogen-bond donors (Lipinski definition) is 2. The van der Waals surface area contributed by atoms with E-state index in [9.17, 15) is 13.2 Å². The predicted octanol–water partition coefficient (Wildman–Crippen LogP) is 4.54. The molecule has 0 spiro atoms. The van der Waals surface area contributed by atoms with Crippen molar-refractivity contribution in [2.24, 2.45) is 0 Å². The van der Waals surface area contributed by atoms with Crippen molar-refractivity contribution in [3.05, 3.63) is 38.6 Å². The summed E-state index contributed by atoms with van der Waals surface area (Å²) in [6, 6.07) is 5.84. The van der Waals surface area contributed by atoms with Crippen LogP contribution in [0.25, 0.3) is 0 Å². The Labute approximate surface area is 137 Å². The molecular weight excluding hydrogens is 420 g/mol. The molecule has 0 bridgehead atoms. The van der Waals surface area contributed by atoms with Gasteiger partial charge in [-0.1, -0.05) is 11.6 Å². The van der Waals surface area contributed by atoms with Crippen molar-refractivity contribution in [2.45, 2.75) is 6.18 Å². The summed E-state index contributed by atoms with van der Waals surface area (Å²) in [6.45, 7) is 0. The van der Waals surface area contributed by atoms with Gasteiger partial charge < -0.3 is 10.6 Å². The molecule has 112 valence electrons. The molecule has 0 amide bonds. The number of halogens is 5. The maximum absolute atomic E-state index is 12.8. The van der Waals surface area contributed by atoms with Crippen molar-refractivity contribution < 1.29 is 13.2 Å². The summed E-state index contributed by atoms with van der Waals surface area (Å²) < 4.78 is 39.1. The van der Waals surface area contributed by atoms with Gasteiger partial charge in [0, 0.05) is 21.7 Å². The lowest BCUT2D eigenvalue weighted by molar-refractivity contribution is -0.141. The van der Waals surface area contributed by atoms with E-state index in [0.29, 0.717) is 10.7 Å². The SMILES string of the molecule is CNc1nc(Nc2ccc(Cl)cc2I)cc(C(F)(F)F)n1. The molecular formula is C12H9ClF3IN4. The third-order valence-electron chi connectivity index (χ3n) is 2.43. The van der Waals surface area contributed by atoms with E-state index in [2.05, 4.69) is 20.6 Å². The van der Waals surface area contributed by atoms with Crippen molar-refractivity contribution >= 4 is 51.6 Å². The third-order valence-corrected chi connectivity index (χ3v) is 3.56. The van der Waals surface area contributed by atoms with E-state index in [1.165, 1.54) is 7.05 Å². The van der Waals surface area contributed by atoms with E-state index >= 15 is 0 Å². The summed E-state index contributed by atoms with van der Waals surface area (Å²) in [6.07, 6.45) is -4.54. The molecule has 0 aliphatic rings. The van der Waals surface area contributed by atoms with Crippen LogP contribution in [0.2, 0.25) is 5.02 Å². The molecule has 0 saturated heterocycles. The lowest BCUT2D eigenvalue weighted by Gasteiger charge is -2.12. The summed E-state index contributed by atoms with van der Waals surface area (Å²) in [7, 11) is 1.45. The Hall–Kier alpha value is -1.29. The first kappa shape index (κ1) is 16.1. The first-order chi connectivity index (χ1) is 9.79. The van der Waals surface area contributed by atoms with Crippen LogP contribution >= 0.6 is 34.2 Å². The fourth-order valence-electron chi connectivity index (χ4n) is 1.50. The van der Waals surface area contributed by atoms with Crippen LogP contribution in [0, 0.1) is 3.57 Å². The highest BCUT2D eigenvalue weighted by Gasteiger charge is 2.33. The molecule has 21 heavy (non-hydrogen) atoms. The third kappa shape index (κ3) is 4.10. The molecule has 1 aromatic heterocycles. The number of hydrogen-bond acceptors (Lipinski definition) is 4. The van der Waals surface area contributed by atoms with Gasteiger partial charge in [-0.15, -0.1) is 0 Å². The van der Waals surface area contributed by atoms with E-state index in [0.717, 1.165) is 9.64 Å². The van der Waals surface area contributed by atoms with Crippen LogP contribution in [0.4, 0.5) is 30.6 Å². The first-order valence-electron chi connectivity index (χ1n) is 5.65. The lowest BCUT2D eigenvalue weighted by atomic mass is 10.3. The van der Waals surface area contributed by atoms with E-state index in [1.807, 2.05) is 22.6 Å². The molecule has 0 fully saturated rings. The molecule has 1 aromatic carbocycles. The molecule has 1 heterocycles. The van der Waals surface area contributed by atoms with Gasteiger partial charge in [-0.05, 0) is 40.8 Å². The summed E-state index contributed by atoms with van der Waals surface area (Å²) in [5, 5.41) is 5.87. The number of nitrogens with zero attached hydrogens (tertiary/aromatic N) is 2. The molecule has 0 atom stereocenters. The van der Waals surface area contributed by atoms with Gasteiger partial charge in [-0.3, -0.25) is 0 Å². The van der Waals surface area contributed by atoms with Crippen LogP contribution in [-0.4, -0.2) is 17.0 Å². The smallest absolute Gasteiger partial charge is 0.357 e. The summed E-state index contributed by atoms with van der Waals surface area (Å²) in [4.78, 5) is 7.35. The van der Waals surface area contributed by atoms with Gasteiger partial charge in [-0.25, -0.2) is 4.98 Å². The highest BCUT2D eigenvalue weighted by molar-refractivity contribution is 14.1. The number of rotatable bonds is 3. The molecule has 9 heteroatoms. The topological polar surface area (TPSA) is 49.8 Å². The van der Waals surface area contributed by atoms with Crippen LogP contribution in [0.3, 0.4) is 0 Å². The number of benzene rings is 1. The Morgan fingerprint density at radius 3 is 2.48 bits per heavy atom. The van der Waals surface area contributed by atoms with Crippen molar-refractivity contribution in [3.63, 3.8) is 0 Å². The van der Waals surface area contributed by atoms with Gasteiger partial charge in [0.15, 0.2) is 5.69 Å². The second kappa shape index (κ2) is 6.22. The van der Waals surface area contributed by atoms with E-state index in [4.69, 9.17) is 11.6 Å². The number of nitrogens with one attached hydrogen (secondary N) is 2. The molecule has 0 aliphatic carbocycles. The molecule has 0 radical (unpaired) electrons. The fourth-order valence-corrected chi connectivity index (χ4v) is 2.50. The van der Waals surface area contributed by atoms with Gasteiger partial charge >= 0.3 is 6.18 Å². The zero-order valence-electron chi connectivity index (χ0n) is 10.6. The molecule has 2 rings (SSSR count). The van der Waals surface area contributed by atoms with Crippen molar-refractivity contribution in [1.82, 2.24) is 9.97 Å². The average Bonchev–Trinajstić information content (AvgIpc) is 2.40. The maximum atomic E-state index is 12.8. The highest BCUT2D eigenvalue weighted by atomic mass is 127. The monoisotopic (exact) mass is 428 g/mol. The van der Waals surface area contributed by atoms with Crippen LogP contribution in [0.5, 0.6) is 0 Å². The van der Waals surface area contributed by atoms with Gasteiger partial charge in [0.25, 0.3) is 0 Å². The van der Waals surface area contributed by atoms with Crippen molar-refractivity contribution in [2.75, 3.05) is 17.7 Å². The Morgan fingerprint density at radius 1 is 1.19 bits per heavy atom. The normalized spacial score (nSPS) is 11.3. The minimum atomic E-state index is -4.54. The minimum Gasteiger partial charge on any atom is -0.357 e. The molecule has 0 saturated carbocycles. The Bertz CT molecular complexity index is 663. The van der Waals surface area contributed by atoms with Gasteiger partial charge in [0.1, 0.15) is 5.82 Å². The number of anilines is 3. The molecule has 2 aromatic rings. The largest absolute Gasteiger partial charge is 0.433 e. The van der Waals surface area contributed by atoms with Crippen LogP contribution in [0.1, 0.15) is 5.69 Å². The van der Waals surface area contributed by atoms with Gasteiger partial charge in [-0.2, -0.15) is 18.2 Å². The zero-order valence-corrected chi connectivity index (χ0v) is 13.5. The first-order valence-corrected chi connectivity index (χ1v) is 7.11. The number of aromatic nitrogens is 2. The lowest BCUT2D eigenvalue weighted by Crippen LogP contribution is -2.12. The number of alkyl halides is 3. The van der Waals surface area contributed by atoms with E-state index < -0.39 is 11.9 Å². The van der Waals surface area contributed by atoms with Gasteiger partial charge in [0.2, 0.25) is 5.95 Å². The molecule has 2 N–H and O–H groups in total. The average molecular weight is 429 g/mol. The van der Waals surface area contributed by atoms with Crippen molar-refractivity contribution in [3.8, 4) is 0 Å². The molecule has 0 aliphatic heterocycles. The van der Waals surface area contributed by atoms with Crippen molar-refractivity contribution in [1.29, 1.82) is 0 Å². The summed E-state index contributed by atoms with van der Waals surface area (Å²) in [5.41, 5.74) is -0.415. The molecule has 4 nitrogen and oxygen atoms in total. The second-order valence-corrected chi connectivity index (χ2v) is 5.56. The summed E-state index contributed by atoms with van der Waals surface area (Å²) in [5.74, 6) is -0.0711. The summed E-state index contributed by atoms with van der Waals surface area (Å²) >= 11 is 7.86. The second-order valence-electron chi connectivity index (χ2n) is 3.96. The van der Waals surface area contributed by atoms with E-state index in [1.54, 1.807) is 18.2 Å². The Morgan fingerprint density at radius 2 is 1.90 bits per heavy atom. The maximum Gasteiger partial charge on any atom is 0.433 e. The van der Waals surface area contributed by atoms with Crippen LogP contribution < -0.4 is 10.6 Å². The zero-order chi connectivity index (χ0) is 15.6. The van der Waals surface area contributed by atoms with Gasteiger partial charge in [0.05, 0.1) is 5.69 Å². The standard InChI is InChI=1S/C12H9ClF3IN4/c1-18-11-20-9(12(14,15)16)5-10(21-11)19-8-3-2-6(13)4-7(8)17/h2-5H,1H3,(H2,18,19,20,21). The predicted molar refractivity (Wildman–Crippen MR) is 84.0 cm³/mol. The Kier molecular flexibility index (Phi) is 4.77. The molecule has 0 unspecified atom stereocenters. The quantitative estimate of drug-likeness (QED) is 0.705. The van der Waals surface area contributed by atoms with Crippen LogP contribution in [-0.2, 0) is 6.18 Å².